The smallest absolute Gasteiger partial charge is 0.185 e. The van der Waals surface area contributed by atoms with Crippen LogP contribution in [0.25, 0.3) is 0 Å². The summed E-state index contributed by atoms with van der Waals surface area (Å²) in [5, 5.41) is 9.64. The number of ketones is 2. The number of rotatable bonds is 2. The zero-order chi connectivity index (χ0) is 13.3. The van der Waals surface area contributed by atoms with Gasteiger partial charge in [-0.3, -0.25) is 14.6 Å². The molecule has 2 rings (SSSR count). The maximum atomic E-state index is 12.1. The number of aliphatic imine (C=N–C) groups is 1. The highest BCUT2D eigenvalue weighted by molar-refractivity contribution is 6.23. The minimum absolute atomic E-state index is 0.139. The Labute approximate surface area is 105 Å². The van der Waals surface area contributed by atoms with E-state index >= 15 is 0 Å². The number of allylic oxidation sites excluding steroid dienone is 4. The molecule has 0 saturated carbocycles. The van der Waals surface area contributed by atoms with Crippen molar-refractivity contribution in [2.24, 2.45) is 10.4 Å². The van der Waals surface area contributed by atoms with E-state index in [0.717, 1.165) is 0 Å². The quantitative estimate of drug-likeness (QED) is 0.739. The van der Waals surface area contributed by atoms with Crippen molar-refractivity contribution in [3.05, 3.63) is 34.9 Å². The molecule has 4 nitrogen and oxygen atoms in total. The zero-order valence-corrected chi connectivity index (χ0v) is 10.4. The molecule has 94 valence electrons. The van der Waals surface area contributed by atoms with Gasteiger partial charge in [-0.2, -0.15) is 0 Å². The number of hydrogen-bond donors (Lipinski definition) is 1. The Bertz CT molecular complexity index is 537. The molecule has 1 N–H and O–H groups in total. The first kappa shape index (κ1) is 12.6. The van der Waals surface area contributed by atoms with Gasteiger partial charge >= 0.3 is 0 Å². The van der Waals surface area contributed by atoms with Gasteiger partial charge in [-0.1, -0.05) is 6.08 Å². The fourth-order valence-electron chi connectivity index (χ4n) is 2.45. The van der Waals surface area contributed by atoms with Crippen molar-refractivity contribution < 1.29 is 14.7 Å². The average molecular weight is 245 g/mol. The molecule has 1 aliphatic heterocycles. The van der Waals surface area contributed by atoms with Gasteiger partial charge < -0.3 is 5.11 Å². The van der Waals surface area contributed by atoms with Crippen LogP contribution in [0.5, 0.6) is 0 Å². The number of dihydropyridines is 1. The molecule has 0 amide bonds. The molecule has 1 atom stereocenters. The van der Waals surface area contributed by atoms with Gasteiger partial charge in [-0.15, -0.1) is 0 Å². The van der Waals surface area contributed by atoms with Crippen molar-refractivity contribution in [1.29, 1.82) is 0 Å². The van der Waals surface area contributed by atoms with E-state index < -0.39 is 5.41 Å². The van der Waals surface area contributed by atoms with Crippen LogP contribution in [0.2, 0.25) is 0 Å². The molecule has 0 fully saturated rings. The third-order valence-electron chi connectivity index (χ3n) is 3.43. The van der Waals surface area contributed by atoms with Gasteiger partial charge in [-0.05, 0) is 26.0 Å². The number of carbonyl (C=O) groups excluding carboxylic acids is 2. The number of hydrogen-bond acceptors (Lipinski definition) is 4. The van der Waals surface area contributed by atoms with Crippen molar-refractivity contribution in [3.63, 3.8) is 0 Å². The summed E-state index contributed by atoms with van der Waals surface area (Å²) in [4.78, 5) is 28.2. The van der Waals surface area contributed by atoms with Gasteiger partial charge in [0.2, 0.25) is 0 Å². The van der Waals surface area contributed by atoms with E-state index in [1.807, 2.05) is 0 Å². The van der Waals surface area contributed by atoms with Gasteiger partial charge in [0.15, 0.2) is 11.6 Å². The molecular weight excluding hydrogens is 230 g/mol. The van der Waals surface area contributed by atoms with Gasteiger partial charge in [0.05, 0.1) is 18.6 Å². The number of carbonyl (C=O) groups is 2. The van der Waals surface area contributed by atoms with Crippen molar-refractivity contribution in [1.82, 2.24) is 0 Å². The fraction of sp³-hybridized carbons (Fsp3) is 0.357. The molecule has 0 aromatic rings. The molecule has 0 radical (unpaired) electrons. The van der Waals surface area contributed by atoms with Gasteiger partial charge in [0.25, 0.3) is 0 Å². The highest BCUT2D eigenvalue weighted by atomic mass is 16.3. The standard InChI is InChI=1S/C14H15NO3/c1-9-6-11(17)12(10(2)13(9)18)14(8-16)4-3-5-15-7-14/h3-6,16H,7-8H2,1-2H3. The largest absolute Gasteiger partial charge is 0.395 e. The topological polar surface area (TPSA) is 66.7 Å². The van der Waals surface area contributed by atoms with Crippen molar-refractivity contribution in [2.75, 3.05) is 13.2 Å². The summed E-state index contributed by atoms with van der Waals surface area (Å²) >= 11 is 0. The second kappa shape index (κ2) is 4.46. The highest BCUT2D eigenvalue weighted by Crippen LogP contribution is 2.36. The Balaban J connectivity index is 2.55. The van der Waals surface area contributed by atoms with E-state index in [9.17, 15) is 14.7 Å². The molecule has 1 heterocycles. The van der Waals surface area contributed by atoms with E-state index in [-0.39, 0.29) is 18.2 Å². The van der Waals surface area contributed by atoms with Crippen molar-refractivity contribution in [2.45, 2.75) is 13.8 Å². The maximum absolute atomic E-state index is 12.1. The van der Waals surface area contributed by atoms with Crippen molar-refractivity contribution in [3.8, 4) is 0 Å². The lowest BCUT2D eigenvalue weighted by atomic mass is 9.72. The Morgan fingerprint density at radius 3 is 2.67 bits per heavy atom. The zero-order valence-electron chi connectivity index (χ0n) is 10.4. The van der Waals surface area contributed by atoms with Crippen LogP contribution in [0.1, 0.15) is 13.8 Å². The van der Waals surface area contributed by atoms with E-state index in [4.69, 9.17) is 0 Å². The number of aliphatic hydroxyl groups excluding tert-OH is 1. The first-order valence-electron chi connectivity index (χ1n) is 5.79. The summed E-state index contributed by atoms with van der Waals surface area (Å²) in [5.74, 6) is -0.347. The predicted molar refractivity (Wildman–Crippen MR) is 68.5 cm³/mol. The molecule has 18 heavy (non-hydrogen) atoms. The summed E-state index contributed by atoms with van der Waals surface area (Å²) in [5.41, 5.74) is 0.366. The van der Waals surface area contributed by atoms with Crippen LogP contribution in [-0.4, -0.2) is 36.0 Å². The van der Waals surface area contributed by atoms with Crippen LogP contribution in [0, 0.1) is 5.41 Å². The van der Waals surface area contributed by atoms with Gasteiger partial charge in [-0.25, -0.2) is 0 Å². The molecule has 0 aromatic heterocycles. The summed E-state index contributed by atoms with van der Waals surface area (Å²) < 4.78 is 0. The number of Topliss-reactive ketones (excluding diaryl/α,β-unsaturated/α-hetero) is 1. The summed E-state index contributed by atoms with van der Waals surface area (Å²) in [7, 11) is 0. The summed E-state index contributed by atoms with van der Waals surface area (Å²) in [6.45, 7) is 3.31. The maximum Gasteiger partial charge on any atom is 0.185 e. The lowest BCUT2D eigenvalue weighted by molar-refractivity contribution is -0.116. The lowest BCUT2D eigenvalue weighted by Gasteiger charge is -2.32. The molecule has 2 aliphatic rings. The predicted octanol–water partition coefficient (Wildman–Crippen LogP) is 1.02. The van der Waals surface area contributed by atoms with Crippen LogP contribution < -0.4 is 0 Å². The average Bonchev–Trinajstić information content (AvgIpc) is 2.37. The normalized spacial score (nSPS) is 27.8. The first-order chi connectivity index (χ1) is 8.52. The minimum atomic E-state index is -0.858. The molecule has 0 spiro atoms. The molecule has 4 heteroatoms. The second-order valence-corrected chi connectivity index (χ2v) is 4.68. The van der Waals surface area contributed by atoms with E-state index in [2.05, 4.69) is 4.99 Å². The SMILES string of the molecule is CC1=CC(=O)C(C2(CO)C=CC=NC2)=C(C)C1=O. The Hall–Kier alpha value is -1.81. The molecule has 1 unspecified atom stereocenters. The van der Waals surface area contributed by atoms with E-state index in [0.29, 0.717) is 23.3 Å². The Morgan fingerprint density at radius 2 is 2.11 bits per heavy atom. The van der Waals surface area contributed by atoms with Crippen LogP contribution in [0.4, 0.5) is 0 Å². The third kappa shape index (κ3) is 1.78. The molecule has 0 bridgehead atoms. The van der Waals surface area contributed by atoms with Crippen LogP contribution in [-0.2, 0) is 9.59 Å². The monoisotopic (exact) mass is 245 g/mol. The number of nitrogens with zero attached hydrogens (tertiary/aromatic N) is 1. The highest BCUT2D eigenvalue weighted by Gasteiger charge is 2.39. The van der Waals surface area contributed by atoms with Gasteiger partial charge in [0, 0.05) is 22.9 Å². The van der Waals surface area contributed by atoms with E-state index in [1.165, 1.54) is 6.08 Å². The Kier molecular flexibility index (Phi) is 3.13. The molecule has 1 aliphatic carbocycles. The van der Waals surface area contributed by atoms with Crippen LogP contribution in [0.3, 0.4) is 0 Å². The fourth-order valence-corrected chi connectivity index (χ4v) is 2.45. The van der Waals surface area contributed by atoms with Crippen molar-refractivity contribution >= 4 is 17.8 Å². The van der Waals surface area contributed by atoms with Crippen LogP contribution in [0.15, 0.2) is 39.9 Å². The molecule has 0 aromatic carbocycles. The minimum Gasteiger partial charge on any atom is -0.395 e. The second-order valence-electron chi connectivity index (χ2n) is 4.68. The lowest BCUT2D eigenvalue weighted by Crippen LogP contribution is -2.37. The van der Waals surface area contributed by atoms with Gasteiger partial charge in [0.1, 0.15) is 0 Å². The Morgan fingerprint density at radius 1 is 1.39 bits per heavy atom. The molecular formula is C14H15NO3. The first-order valence-corrected chi connectivity index (χ1v) is 5.79. The summed E-state index contributed by atoms with van der Waals surface area (Å²) in [6.07, 6.45) is 6.41. The molecule has 0 saturated heterocycles. The van der Waals surface area contributed by atoms with Crippen LogP contribution >= 0.6 is 0 Å². The number of aliphatic hydroxyl groups is 1. The third-order valence-corrected chi connectivity index (χ3v) is 3.43. The van der Waals surface area contributed by atoms with E-state index in [1.54, 1.807) is 32.2 Å². The summed E-state index contributed by atoms with van der Waals surface area (Å²) in [6, 6.07) is 0.